The molecule has 0 aromatic carbocycles. The van der Waals surface area contributed by atoms with Crippen LogP contribution >= 0.6 is 0 Å². The lowest BCUT2D eigenvalue weighted by atomic mass is 10.0. The third-order valence-electron chi connectivity index (χ3n) is 4.07. The van der Waals surface area contributed by atoms with Gasteiger partial charge in [-0.15, -0.1) is 0 Å². The van der Waals surface area contributed by atoms with E-state index in [0.29, 0.717) is 30.4 Å². The predicted octanol–water partition coefficient (Wildman–Crippen LogP) is 2.32. The van der Waals surface area contributed by atoms with Crippen molar-refractivity contribution in [3.05, 3.63) is 18.0 Å². The van der Waals surface area contributed by atoms with Gasteiger partial charge in [0.1, 0.15) is 0 Å². The van der Waals surface area contributed by atoms with E-state index < -0.39 is 10.0 Å². The molecule has 0 aliphatic carbocycles. The average molecular weight is 313 g/mol. The van der Waals surface area contributed by atoms with E-state index in [1.54, 1.807) is 16.6 Å². The van der Waals surface area contributed by atoms with E-state index >= 15 is 0 Å². The summed E-state index contributed by atoms with van der Waals surface area (Å²) in [6.45, 7) is 7.20. The molecule has 2 N–H and O–H groups in total. The number of rotatable bonds is 6. The first-order valence-corrected chi connectivity index (χ1v) is 9.36. The van der Waals surface area contributed by atoms with Crippen LogP contribution in [0.3, 0.4) is 0 Å². The monoisotopic (exact) mass is 313 g/mol. The molecule has 1 aromatic heterocycles. The lowest BCUT2D eigenvalue weighted by Gasteiger charge is -2.19. The van der Waals surface area contributed by atoms with Crippen molar-refractivity contribution < 1.29 is 8.42 Å². The number of sulfonamides is 1. The Kier molecular flexibility index (Phi) is 5.84. The molecule has 0 bridgehead atoms. The molecule has 1 aliphatic heterocycles. The molecule has 1 atom stereocenters. The van der Waals surface area contributed by atoms with Gasteiger partial charge in [-0.1, -0.05) is 13.8 Å². The van der Waals surface area contributed by atoms with Crippen molar-refractivity contribution in [2.75, 3.05) is 19.6 Å². The summed E-state index contributed by atoms with van der Waals surface area (Å²) in [6, 6.07) is 1.76. The van der Waals surface area contributed by atoms with E-state index in [2.05, 4.69) is 24.1 Å². The first-order valence-electron chi connectivity index (χ1n) is 7.92. The molecule has 0 saturated carbocycles. The summed E-state index contributed by atoms with van der Waals surface area (Å²) in [5.74, 6) is 0.616. The summed E-state index contributed by atoms with van der Waals surface area (Å²) in [5.41, 5.74) is 0.921. The van der Waals surface area contributed by atoms with Gasteiger partial charge in [-0.3, -0.25) is 0 Å². The second-order valence-electron chi connectivity index (χ2n) is 5.98. The molecule has 120 valence electrons. The van der Waals surface area contributed by atoms with Gasteiger partial charge < -0.3 is 10.3 Å². The molecule has 1 aromatic rings. The first kappa shape index (κ1) is 16.5. The quantitative estimate of drug-likeness (QED) is 0.792. The van der Waals surface area contributed by atoms with Crippen LogP contribution in [-0.4, -0.2) is 37.3 Å². The maximum Gasteiger partial charge on any atom is 0.244 e. The lowest BCUT2D eigenvalue weighted by molar-refractivity contribution is 0.417. The minimum absolute atomic E-state index is 0.394. The second-order valence-corrected chi connectivity index (χ2v) is 7.92. The summed E-state index contributed by atoms with van der Waals surface area (Å²) in [5, 5.41) is 3.27. The Balaban J connectivity index is 2.05. The van der Waals surface area contributed by atoms with Crippen LogP contribution < -0.4 is 5.32 Å². The van der Waals surface area contributed by atoms with Crippen LogP contribution in [0.15, 0.2) is 17.2 Å². The Morgan fingerprint density at radius 1 is 1.38 bits per heavy atom. The number of nitrogens with one attached hydrogen (secondary N) is 2. The van der Waals surface area contributed by atoms with E-state index in [9.17, 15) is 8.42 Å². The van der Waals surface area contributed by atoms with Gasteiger partial charge >= 0.3 is 0 Å². The van der Waals surface area contributed by atoms with Crippen molar-refractivity contribution >= 4 is 10.0 Å². The van der Waals surface area contributed by atoms with Crippen molar-refractivity contribution in [2.45, 2.75) is 51.0 Å². The average Bonchev–Trinajstić information content (AvgIpc) is 2.81. The highest BCUT2D eigenvalue weighted by Gasteiger charge is 2.27. The number of hydrogen-bond acceptors (Lipinski definition) is 3. The van der Waals surface area contributed by atoms with Crippen molar-refractivity contribution in [1.82, 2.24) is 14.6 Å². The molecule has 0 spiro atoms. The van der Waals surface area contributed by atoms with Crippen LogP contribution in [0, 0.1) is 5.92 Å². The fraction of sp³-hybridized carbons (Fsp3) is 0.733. The van der Waals surface area contributed by atoms with Crippen molar-refractivity contribution in [3.8, 4) is 0 Å². The van der Waals surface area contributed by atoms with Crippen LogP contribution in [0.25, 0.3) is 0 Å². The maximum atomic E-state index is 12.7. The fourth-order valence-corrected chi connectivity index (χ4v) is 4.21. The molecule has 1 saturated heterocycles. The zero-order valence-electron chi connectivity index (χ0n) is 13.1. The van der Waals surface area contributed by atoms with Gasteiger partial charge in [0.15, 0.2) is 0 Å². The van der Waals surface area contributed by atoms with E-state index in [1.165, 1.54) is 0 Å². The van der Waals surface area contributed by atoms with Gasteiger partial charge in [-0.05, 0) is 44.2 Å². The Labute approximate surface area is 128 Å². The molecule has 0 amide bonds. The highest BCUT2D eigenvalue weighted by Crippen LogP contribution is 2.23. The normalized spacial score (nSPS) is 21.3. The largest absolute Gasteiger partial charge is 0.363 e. The van der Waals surface area contributed by atoms with Crippen LogP contribution in [0.4, 0.5) is 0 Å². The number of H-pyrrole nitrogens is 1. The van der Waals surface area contributed by atoms with Crippen LogP contribution in [0.2, 0.25) is 0 Å². The van der Waals surface area contributed by atoms with Gasteiger partial charge in [0.25, 0.3) is 0 Å². The van der Waals surface area contributed by atoms with E-state index in [4.69, 9.17) is 0 Å². The van der Waals surface area contributed by atoms with Gasteiger partial charge in [0.2, 0.25) is 10.0 Å². The predicted molar refractivity (Wildman–Crippen MR) is 84.6 cm³/mol. The summed E-state index contributed by atoms with van der Waals surface area (Å²) in [7, 11) is -3.34. The molecule has 6 heteroatoms. The summed E-state index contributed by atoms with van der Waals surface area (Å²) < 4.78 is 27.0. The highest BCUT2D eigenvalue weighted by molar-refractivity contribution is 7.89. The molecular weight excluding hydrogens is 286 g/mol. The number of hydrogen-bond donors (Lipinski definition) is 2. The Hall–Kier alpha value is -0.850. The Morgan fingerprint density at radius 3 is 2.95 bits per heavy atom. The van der Waals surface area contributed by atoms with Crippen molar-refractivity contribution in [1.29, 1.82) is 0 Å². The SMILES string of the molecule is CCCNCc1cc(S(=O)(=O)N2CCCC(C)CC2)c[nH]1. The summed E-state index contributed by atoms with van der Waals surface area (Å²) in [4.78, 5) is 3.46. The number of aromatic nitrogens is 1. The van der Waals surface area contributed by atoms with Crippen LogP contribution in [0.5, 0.6) is 0 Å². The molecule has 5 nitrogen and oxygen atoms in total. The first-order chi connectivity index (χ1) is 10.0. The standard InChI is InChI=1S/C15H27N3O2S/c1-3-7-16-11-14-10-15(12-17-14)21(19,20)18-8-4-5-13(2)6-9-18/h10,12-13,16-17H,3-9,11H2,1-2H3. The minimum atomic E-state index is -3.34. The van der Waals surface area contributed by atoms with E-state index in [1.807, 2.05) is 0 Å². The third kappa shape index (κ3) is 4.31. The maximum absolute atomic E-state index is 12.7. The van der Waals surface area contributed by atoms with Crippen LogP contribution in [-0.2, 0) is 16.6 Å². The third-order valence-corrected chi connectivity index (χ3v) is 5.95. The summed E-state index contributed by atoms with van der Waals surface area (Å²) in [6.07, 6.45) is 5.71. The van der Waals surface area contributed by atoms with Gasteiger partial charge in [-0.2, -0.15) is 4.31 Å². The lowest BCUT2D eigenvalue weighted by Crippen LogP contribution is -2.31. The molecule has 21 heavy (non-hydrogen) atoms. The zero-order valence-corrected chi connectivity index (χ0v) is 13.9. The zero-order chi connectivity index (χ0) is 15.3. The molecule has 2 rings (SSSR count). The number of aromatic amines is 1. The van der Waals surface area contributed by atoms with E-state index in [0.717, 1.165) is 37.9 Å². The van der Waals surface area contributed by atoms with Crippen molar-refractivity contribution in [3.63, 3.8) is 0 Å². The van der Waals surface area contributed by atoms with Gasteiger partial charge in [0, 0.05) is 31.5 Å². The fourth-order valence-electron chi connectivity index (χ4n) is 2.70. The Morgan fingerprint density at radius 2 is 2.19 bits per heavy atom. The second kappa shape index (κ2) is 7.42. The Bertz CT molecular complexity index is 539. The van der Waals surface area contributed by atoms with Crippen molar-refractivity contribution in [2.24, 2.45) is 5.92 Å². The summed E-state index contributed by atoms with van der Waals surface area (Å²) >= 11 is 0. The minimum Gasteiger partial charge on any atom is -0.363 e. The highest BCUT2D eigenvalue weighted by atomic mass is 32.2. The van der Waals surface area contributed by atoms with E-state index in [-0.39, 0.29) is 0 Å². The topological polar surface area (TPSA) is 65.2 Å². The van der Waals surface area contributed by atoms with Gasteiger partial charge in [0.05, 0.1) is 4.90 Å². The van der Waals surface area contributed by atoms with Gasteiger partial charge in [-0.25, -0.2) is 8.42 Å². The smallest absolute Gasteiger partial charge is 0.244 e. The van der Waals surface area contributed by atoms with Crippen LogP contribution in [0.1, 0.15) is 45.2 Å². The molecule has 0 radical (unpaired) electrons. The molecular formula is C15H27N3O2S. The molecule has 2 heterocycles. The molecule has 1 aliphatic rings. The number of nitrogens with zero attached hydrogens (tertiary/aromatic N) is 1. The molecule has 1 fully saturated rings. The molecule has 1 unspecified atom stereocenters.